The van der Waals surface area contributed by atoms with Gasteiger partial charge in [0.2, 0.25) is 0 Å². The first-order valence-corrected chi connectivity index (χ1v) is 3.45. The number of rotatable bonds is 1. The number of anilines is 1. The third-order valence-electron chi connectivity index (χ3n) is 1.58. The van der Waals surface area contributed by atoms with Gasteiger partial charge in [0.15, 0.2) is 5.96 Å². The Hall–Kier alpha value is -1.58. The Morgan fingerprint density at radius 2 is 2.08 bits per heavy atom. The van der Waals surface area contributed by atoms with Crippen molar-refractivity contribution in [2.24, 2.45) is 5.73 Å². The Balaban J connectivity index is 3.02. The lowest BCUT2D eigenvalue weighted by atomic mass is 10.3. The molecule has 0 fully saturated rings. The van der Waals surface area contributed by atoms with Gasteiger partial charge in [0.1, 0.15) is 5.82 Å². The summed E-state index contributed by atoms with van der Waals surface area (Å²) in [5.74, 6) is -0.560. The Bertz CT molecular complexity index is 298. The molecule has 0 aliphatic heterocycles. The van der Waals surface area contributed by atoms with E-state index in [4.69, 9.17) is 11.1 Å². The molecule has 0 spiro atoms. The minimum Gasteiger partial charge on any atom is -0.370 e. The predicted molar refractivity (Wildman–Crippen MR) is 46.7 cm³/mol. The van der Waals surface area contributed by atoms with Gasteiger partial charge >= 0.3 is 0 Å². The first-order chi connectivity index (χ1) is 5.63. The number of hydrogen-bond acceptors (Lipinski definition) is 1. The minimum atomic E-state index is -0.379. The van der Waals surface area contributed by atoms with Crippen LogP contribution in [-0.4, -0.2) is 13.0 Å². The zero-order valence-corrected chi connectivity index (χ0v) is 6.71. The van der Waals surface area contributed by atoms with Gasteiger partial charge in [-0.25, -0.2) is 4.39 Å². The third kappa shape index (κ3) is 1.53. The van der Waals surface area contributed by atoms with Crippen molar-refractivity contribution in [3.05, 3.63) is 30.1 Å². The standard InChI is InChI=1S/C8H10FN3/c1-12(8(10)11)7-5-3-2-4-6(7)9/h2-5H,1H3,(H3,10,11). The van der Waals surface area contributed by atoms with Gasteiger partial charge in [-0.05, 0) is 12.1 Å². The highest BCUT2D eigenvalue weighted by atomic mass is 19.1. The van der Waals surface area contributed by atoms with E-state index < -0.39 is 0 Å². The van der Waals surface area contributed by atoms with E-state index in [2.05, 4.69) is 0 Å². The molecule has 0 saturated carbocycles. The van der Waals surface area contributed by atoms with E-state index in [1.165, 1.54) is 11.0 Å². The summed E-state index contributed by atoms with van der Waals surface area (Å²) < 4.78 is 13.0. The zero-order chi connectivity index (χ0) is 9.14. The first-order valence-electron chi connectivity index (χ1n) is 3.45. The van der Waals surface area contributed by atoms with Gasteiger partial charge < -0.3 is 10.6 Å². The average Bonchev–Trinajstić information content (AvgIpc) is 2.04. The first kappa shape index (κ1) is 8.52. The molecule has 0 unspecified atom stereocenters. The van der Waals surface area contributed by atoms with Crippen LogP contribution in [0.2, 0.25) is 0 Å². The fraction of sp³-hybridized carbons (Fsp3) is 0.125. The molecular formula is C8H10FN3. The molecule has 0 heterocycles. The van der Waals surface area contributed by atoms with E-state index in [0.29, 0.717) is 5.69 Å². The molecule has 0 saturated heterocycles. The van der Waals surface area contributed by atoms with Crippen molar-refractivity contribution < 1.29 is 4.39 Å². The summed E-state index contributed by atoms with van der Waals surface area (Å²) in [6.07, 6.45) is 0. The Labute approximate surface area is 70.1 Å². The maximum atomic E-state index is 13.0. The van der Waals surface area contributed by atoms with Crippen LogP contribution in [0, 0.1) is 11.2 Å². The summed E-state index contributed by atoms with van der Waals surface area (Å²) in [7, 11) is 1.54. The monoisotopic (exact) mass is 167 g/mol. The highest BCUT2D eigenvalue weighted by Gasteiger charge is 2.07. The SMILES string of the molecule is CN(C(=N)N)c1ccccc1F. The van der Waals surface area contributed by atoms with Crippen LogP contribution in [0.1, 0.15) is 0 Å². The lowest BCUT2D eigenvalue weighted by Gasteiger charge is -2.16. The molecule has 64 valence electrons. The Morgan fingerprint density at radius 3 is 2.58 bits per heavy atom. The van der Waals surface area contributed by atoms with Crippen LogP contribution < -0.4 is 10.6 Å². The molecule has 3 N–H and O–H groups in total. The summed E-state index contributed by atoms with van der Waals surface area (Å²) >= 11 is 0. The molecule has 1 aromatic rings. The van der Waals surface area contributed by atoms with Crippen LogP contribution >= 0.6 is 0 Å². The molecule has 12 heavy (non-hydrogen) atoms. The Morgan fingerprint density at radius 1 is 1.50 bits per heavy atom. The van der Waals surface area contributed by atoms with E-state index in [9.17, 15) is 4.39 Å². The van der Waals surface area contributed by atoms with E-state index in [1.54, 1.807) is 25.2 Å². The van der Waals surface area contributed by atoms with Gasteiger partial charge in [-0.15, -0.1) is 0 Å². The zero-order valence-electron chi connectivity index (χ0n) is 6.71. The van der Waals surface area contributed by atoms with Gasteiger partial charge in [-0.1, -0.05) is 12.1 Å². The molecule has 0 aliphatic carbocycles. The van der Waals surface area contributed by atoms with Gasteiger partial charge in [0.05, 0.1) is 5.69 Å². The van der Waals surface area contributed by atoms with Gasteiger partial charge in [0, 0.05) is 7.05 Å². The molecule has 0 bridgehead atoms. The predicted octanol–water partition coefficient (Wildman–Crippen LogP) is 1.16. The number of hydrogen-bond donors (Lipinski definition) is 2. The second-order valence-corrected chi connectivity index (χ2v) is 2.40. The molecule has 0 aromatic heterocycles. The highest BCUT2D eigenvalue weighted by molar-refractivity contribution is 5.91. The molecule has 0 radical (unpaired) electrons. The number of nitrogens with one attached hydrogen (secondary N) is 1. The third-order valence-corrected chi connectivity index (χ3v) is 1.58. The molecule has 3 nitrogen and oxygen atoms in total. The minimum absolute atomic E-state index is 0.180. The highest BCUT2D eigenvalue weighted by Crippen LogP contribution is 2.15. The number of nitrogens with two attached hydrogens (primary N) is 1. The largest absolute Gasteiger partial charge is 0.370 e. The normalized spacial score (nSPS) is 9.50. The molecule has 4 heteroatoms. The summed E-state index contributed by atoms with van der Waals surface area (Å²) in [6.45, 7) is 0. The van der Waals surface area contributed by atoms with E-state index in [0.717, 1.165) is 0 Å². The van der Waals surface area contributed by atoms with Crippen molar-refractivity contribution in [2.45, 2.75) is 0 Å². The second-order valence-electron chi connectivity index (χ2n) is 2.40. The van der Waals surface area contributed by atoms with Gasteiger partial charge in [-0.2, -0.15) is 0 Å². The number of benzene rings is 1. The molecule has 1 rings (SSSR count). The summed E-state index contributed by atoms with van der Waals surface area (Å²) in [4.78, 5) is 1.27. The Kier molecular flexibility index (Phi) is 2.28. The number of guanidine groups is 1. The van der Waals surface area contributed by atoms with Crippen LogP contribution in [0.4, 0.5) is 10.1 Å². The number of halogens is 1. The van der Waals surface area contributed by atoms with Gasteiger partial charge in [0.25, 0.3) is 0 Å². The van der Waals surface area contributed by atoms with Crippen LogP contribution in [0.15, 0.2) is 24.3 Å². The lowest BCUT2D eigenvalue weighted by Crippen LogP contribution is -2.33. The smallest absolute Gasteiger partial charge is 0.192 e. The topological polar surface area (TPSA) is 53.1 Å². The van der Waals surface area contributed by atoms with E-state index in [1.807, 2.05) is 0 Å². The average molecular weight is 167 g/mol. The van der Waals surface area contributed by atoms with Crippen LogP contribution in [0.25, 0.3) is 0 Å². The fourth-order valence-electron chi connectivity index (χ4n) is 0.854. The van der Waals surface area contributed by atoms with Crippen molar-refractivity contribution >= 4 is 11.6 Å². The van der Waals surface area contributed by atoms with Gasteiger partial charge in [-0.3, -0.25) is 5.41 Å². The van der Waals surface area contributed by atoms with E-state index in [-0.39, 0.29) is 11.8 Å². The van der Waals surface area contributed by atoms with E-state index >= 15 is 0 Å². The molecule has 0 aliphatic rings. The van der Waals surface area contributed by atoms with Crippen molar-refractivity contribution in [2.75, 3.05) is 11.9 Å². The molecular weight excluding hydrogens is 157 g/mol. The second kappa shape index (κ2) is 3.21. The fourth-order valence-corrected chi connectivity index (χ4v) is 0.854. The van der Waals surface area contributed by atoms with Crippen LogP contribution in [0.5, 0.6) is 0 Å². The van der Waals surface area contributed by atoms with Crippen LogP contribution in [0.3, 0.4) is 0 Å². The number of para-hydroxylation sites is 1. The van der Waals surface area contributed by atoms with Crippen molar-refractivity contribution in [1.29, 1.82) is 5.41 Å². The van der Waals surface area contributed by atoms with Crippen molar-refractivity contribution in [1.82, 2.24) is 0 Å². The van der Waals surface area contributed by atoms with Crippen LogP contribution in [-0.2, 0) is 0 Å². The summed E-state index contributed by atoms with van der Waals surface area (Å²) in [6, 6.07) is 6.18. The van der Waals surface area contributed by atoms with Crippen molar-refractivity contribution in [3.8, 4) is 0 Å². The lowest BCUT2D eigenvalue weighted by molar-refractivity contribution is 0.628. The maximum absolute atomic E-state index is 13.0. The molecule has 0 atom stereocenters. The maximum Gasteiger partial charge on any atom is 0.192 e. The summed E-state index contributed by atoms with van der Waals surface area (Å²) in [5.41, 5.74) is 5.49. The summed E-state index contributed by atoms with van der Waals surface area (Å²) in [5, 5.41) is 7.07. The van der Waals surface area contributed by atoms with Crippen molar-refractivity contribution in [3.63, 3.8) is 0 Å². The molecule has 1 aromatic carbocycles. The quantitative estimate of drug-likeness (QED) is 0.487. The number of nitrogens with zero attached hydrogens (tertiary/aromatic N) is 1. The molecule has 0 amide bonds.